The van der Waals surface area contributed by atoms with Gasteiger partial charge in [-0.3, -0.25) is 4.68 Å². The topological polar surface area (TPSA) is 39.1 Å². The number of hydrogen-bond donors (Lipinski definition) is 1. The van der Waals surface area contributed by atoms with Gasteiger partial charge >= 0.3 is 0 Å². The summed E-state index contributed by atoms with van der Waals surface area (Å²) in [5.74, 6) is 0. The summed E-state index contributed by atoms with van der Waals surface area (Å²) < 4.78 is 7.17. The van der Waals surface area contributed by atoms with Gasteiger partial charge in [0.05, 0.1) is 18.3 Å². The largest absolute Gasteiger partial charge is 0.383 e. The minimum absolute atomic E-state index is 0.0147. The summed E-state index contributed by atoms with van der Waals surface area (Å²) in [4.78, 5) is 0. The molecule has 0 aromatic carbocycles. The molecule has 4 nitrogen and oxygen atoms in total. The van der Waals surface area contributed by atoms with Crippen molar-refractivity contribution in [2.24, 2.45) is 5.41 Å². The summed E-state index contributed by atoms with van der Waals surface area (Å²) in [5, 5.41) is 8.17. The van der Waals surface area contributed by atoms with Gasteiger partial charge in [-0.2, -0.15) is 5.10 Å². The van der Waals surface area contributed by atoms with Crippen molar-refractivity contribution >= 4 is 0 Å². The van der Waals surface area contributed by atoms with Crippen molar-refractivity contribution in [1.29, 1.82) is 0 Å². The highest BCUT2D eigenvalue weighted by molar-refractivity contribution is 5.08. The highest BCUT2D eigenvalue weighted by Crippen LogP contribution is 2.23. The lowest BCUT2D eigenvalue weighted by Crippen LogP contribution is -2.34. The number of aromatic nitrogens is 2. The third kappa shape index (κ3) is 5.64. The lowest BCUT2D eigenvalue weighted by molar-refractivity contribution is 0.195. The van der Waals surface area contributed by atoms with E-state index in [1.54, 1.807) is 7.11 Å². The first-order chi connectivity index (χ1) is 10.1. The van der Waals surface area contributed by atoms with E-state index in [0.29, 0.717) is 6.04 Å². The molecule has 0 saturated carbocycles. The second kappa shape index (κ2) is 9.00. The smallest absolute Gasteiger partial charge is 0.0633 e. The highest BCUT2D eigenvalue weighted by atomic mass is 16.5. The van der Waals surface area contributed by atoms with E-state index in [1.807, 2.05) is 6.08 Å². The van der Waals surface area contributed by atoms with Crippen LogP contribution < -0.4 is 5.32 Å². The zero-order valence-electron chi connectivity index (χ0n) is 14.1. The van der Waals surface area contributed by atoms with Crippen LogP contribution in [0.1, 0.15) is 45.3 Å². The van der Waals surface area contributed by atoms with E-state index in [4.69, 9.17) is 9.84 Å². The van der Waals surface area contributed by atoms with Crippen LogP contribution in [0, 0.1) is 5.41 Å². The molecule has 0 aliphatic rings. The van der Waals surface area contributed by atoms with Gasteiger partial charge in [-0.05, 0) is 18.9 Å². The third-order valence-electron chi connectivity index (χ3n) is 4.07. The van der Waals surface area contributed by atoms with Crippen LogP contribution in [0.15, 0.2) is 24.9 Å². The highest BCUT2D eigenvalue weighted by Gasteiger charge is 2.22. The van der Waals surface area contributed by atoms with Crippen LogP contribution in [0.3, 0.4) is 0 Å². The lowest BCUT2D eigenvalue weighted by atomic mass is 9.85. The van der Waals surface area contributed by atoms with Gasteiger partial charge in [0.15, 0.2) is 0 Å². The Balaban J connectivity index is 2.61. The Morgan fingerprint density at radius 1 is 1.48 bits per heavy atom. The number of hydrogen-bond acceptors (Lipinski definition) is 3. The molecule has 21 heavy (non-hydrogen) atoms. The molecule has 4 heteroatoms. The Labute approximate surface area is 129 Å². The zero-order valence-corrected chi connectivity index (χ0v) is 14.1. The summed E-state index contributed by atoms with van der Waals surface area (Å²) in [5.41, 5.74) is 1.15. The predicted octanol–water partition coefficient (Wildman–Crippen LogP) is 3.22. The van der Waals surface area contributed by atoms with Gasteiger partial charge in [0.2, 0.25) is 0 Å². The third-order valence-corrected chi connectivity index (χ3v) is 4.07. The molecule has 1 aromatic heterocycles. The molecule has 1 aromatic rings. The molecule has 1 rings (SSSR count). The fourth-order valence-corrected chi connectivity index (χ4v) is 2.51. The average Bonchev–Trinajstić information content (AvgIpc) is 2.93. The second-order valence-electron chi connectivity index (χ2n) is 5.96. The quantitative estimate of drug-likeness (QED) is 0.503. The van der Waals surface area contributed by atoms with Gasteiger partial charge in [-0.25, -0.2) is 0 Å². The molecule has 1 atom stereocenters. The Bertz CT molecular complexity index is 412. The van der Waals surface area contributed by atoms with Crippen molar-refractivity contribution in [2.75, 3.05) is 26.8 Å². The Morgan fingerprint density at radius 3 is 2.76 bits per heavy atom. The molecule has 1 N–H and O–H groups in total. The van der Waals surface area contributed by atoms with Gasteiger partial charge in [0, 0.05) is 38.2 Å². The summed E-state index contributed by atoms with van der Waals surface area (Å²) in [6.45, 7) is 13.1. The van der Waals surface area contributed by atoms with E-state index in [-0.39, 0.29) is 5.41 Å². The maximum absolute atomic E-state index is 5.06. The molecule has 0 radical (unpaired) electrons. The van der Waals surface area contributed by atoms with Crippen molar-refractivity contribution in [3.8, 4) is 0 Å². The molecule has 1 heterocycles. The minimum atomic E-state index is 0.0147. The van der Waals surface area contributed by atoms with Gasteiger partial charge < -0.3 is 10.1 Å². The van der Waals surface area contributed by atoms with Crippen molar-refractivity contribution in [3.05, 3.63) is 30.6 Å². The fraction of sp³-hybridized carbons (Fsp3) is 0.706. The summed E-state index contributed by atoms with van der Waals surface area (Å²) in [6.07, 6.45) is 7.28. The molecular formula is C17H31N3O. The number of nitrogens with zero attached hydrogens (tertiary/aromatic N) is 2. The van der Waals surface area contributed by atoms with Crippen molar-refractivity contribution < 1.29 is 4.74 Å². The number of methoxy groups -OCH3 is 1. The van der Waals surface area contributed by atoms with E-state index < -0.39 is 0 Å². The summed E-state index contributed by atoms with van der Waals surface area (Å²) in [6, 6.07) is 2.64. The van der Waals surface area contributed by atoms with Crippen LogP contribution in [-0.2, 0) is 11.2 Å². The molecule has 120 valence electrons. The zero-order chi connectivity index (χ0) is 15.7. The normalized spacial score (nSPS) is 14.3. The molecule has 1 unspecified atom stereocenters. The first-order valence-corrected chi connectivity index (χ1v) is 7.95. The van der Waals surface area contributed by atoms with E-state index in [1.165, 1.54) is 0 Å². The molecule has 0 amide bonds. The number of ether oxygens (including phenoxy) is 1. The number of rotatable bonds is 11. The molecule has 0 saturated heterocycles. The van der Waals surface area contributed by atoms with Crippen LogP contribution in [-0.4, -0.2) is 36.6 Å². The van der Waals surface area contributed by atoms with Gasteiger partial charge in [0.1, 0.15) is 0 Å². The van der Waals surface area contributed by atoms with Crippen LogP contribution in [0.25, 0.3) is 0 Å². The monoisotopic (exact) mass is 293 g/mol. The minimum Gasteiger partial charge on any atom is -0.383 e. The molecule has 0 bridgehead atoms. The van der Waals surface area contributed by atoms with Crippen molar-refractivity contribution in [3.63, 3.8) is 0 Å². The summed E-state index contributed by atoms with van der Waals surface area (Å²) >= 11 is 0. The van der Waals surface area contributed by atoms with Gasteiger partial charge in [-0.1, -0.05) is 26.8 Å². The molecule has 0 spiro atoms. The molecule has 0 fully saturated rings. The van der Waals surface area contributed by atoms with E-state index in [2.05, 4.69) is 49.6 Å². The molecule has 0 aliphatic heterocycles. The maximum Gasteiger partial charge on any atom is 0.0633 e. The first-order valence-electron chi connectivity index (χ1n) is 7.95. The van der Waals surface area contributed by atoms with Crippen molar-refractivity contribution in [2.45, 2.75) is 46.1 Å². The first kappa shape index (κ1) is 17.9. The standard InChI is InChI=1S/C17H31N3O/c1-6-16(7-2)20-11-9-15(19-20)13-17(4,8-3)14-18-10-12-21-5/h8-9,11,16,18H,3,6-7,10,12-14H2,1-2,4-5H3. The Hall–Kier alpha value is -1.13. The number of nitrogens with one attached hydrogen (secondary N) is 1. The van der Waals surface area contributed by atoms with Gasteiger partial charge in [0.25, 0.3) is 0 Å². The maximum atomic E-state index is 5.06. The second-order valence-corrected chi connectivity index (χ2v) is 5.96. The van der Waals surface area contributed by atoms with Crippen LogP contribution in [0.5, 0.6) is 0 Å². The van der Waals surface area contributed by atoms with E-state index in [0.717, 1.165) is 44.7 Å². The van der Waals surface area contributed by atoms with Gasteiger partial charge in [-0.15, -0.1) is 6.58 Å². The Kier molecular flexibility index (Phi) is 7.68. The fourth-order valence-electron chi connectivity index (χ4n) is 2.51. The van der Waals surface area contributed by atoms with Crippen LogP contribution in [0.2, 0.25) is 0 Å². The predicted molar refractivity (Wildman–Crippen MR) is 88.6 cm³/mol. The lowest BCUT2D eigenvalue weighted by Gasteiger charge is -2.25. The van der Waals surface area contributed by atoms with Crippen LogP contribution >= 0.6 is 0 Å². The van der Waals surface area contributed by atoms with Crippen LogP contribution in [0.4, 0.5) is 0 Å². The SMILES string of the molecule is C=CC(C)(CNCCOC)Cc1ccn(C(CC)CC)n1. The molecular weight excluding hydrogens is 262 g/mol. The molecule has 0 aliphatic carbocycles. The van der Waals surface area contributed by atoms with E-state index >= 15 is 0 Å². The average molecular weight is 293 g/mol. The van der Waals surface area contributed by atoms with E-state index in [9.17, 15) is 0 Å². The van der Waals surface area contributed by atoms with Crippen molar-refractivity contribution in [1.82, 2.24) is 15.1 Å². The summed E-state index contributed by atoms with van der Waals surface area (Å²) in [7, 11) is 1.72. The Morgan fingerprint density at radius 2 is 2.19 bits per heavy atom.